The van der Waals surface area contributed by atoms with Gasteiger partial charge >= 0.3 is 0 Å². The molecule has 2 heterocycles. The number of para-hydroxylation sites is 2. The number of benzene rings is 8. The van der Waals surface area contributed by atoms with Crippen LogP contribution in [0.1, 0.15) is 56.3 Å². The van der Waals surface area contributed by atoms with Gasteiger partial charge in [-0.05, 0) is 80.1 Å². The van der Waals surface area contributed by atoms with Crippen molar-refractivity contribution in [3.8, 4) is 0 Å². The minimum Gasteiger partial charge on any atom is -0.309 e. The van der Waals surface area contributed by atoms with E-state index in [2.05, 4.69) is 219 Å². The first kappa shape index (κ1) is 32.4. The second kappa shape index (κ2) is 13.0. The summed E-state index contributed by atoms with van der Waals surface area (Å²) in [7, 11) is -2.77. The average Bonchev–Trinajstić information content (AvgIpc) is 3.23. The molecule has 0 aliphatic carbocycles. The van der Waals surface area contributed by atoms with Gasteiger partial charge in [0, 0.05) is 11.8 Å². The van der Waals surface area contributed by atoms with Crippen molar-refractivity contribution in [1.82, 2.24) is 0 Å². The Hall–Kier alpha value is -6.22. The van der Waals surface area contributed by atoms with Crippen LogP contribution < -0.4 is 25.6 Å². The highest BCUT2D eigenvalue weighted by Gasteiger charge is 2.45. The maximum absolute atomic E-state index is 2.77. The third kappa shape index (κ3) is 4.98. The lowest BCUT2D eigenvalue weighted by Gasteiger charge is -2.45. The maximum Gasteiger partial charge on any atom is 0.179 e. The second-order valence-electron chi connectivity index (χ2n) is 15.0. The number of fused-ring (bicyclic) bond motifs is 4. The maximum atomic E-state index is 2.60. The Morgan fingerprint density at radius 2 is 0.778 bits per heavy atom. The molecular formula is C52H41NSi. The minimum absolute atomic E-state index is 0.0599. The second-order valence-corrected chi connectivity index (χ2v) is 18.8. The summed E-state index contributed by atoms with van der Waals surface area (Å²) in [5, 5.41) is 5.55. The van der Waals surface area contributed by atoms with Gasteiger partial charge in [0.1, 0.15) is 0 Å². The monoisotopic (exact) mass is 707 g/mol. The number of nitrogens with zero attached hydrogens (tertiary/aromatic N) is 1. The van der Waals surface area contributed by atoms with Gasteiger partial charge in [-0.3, -0.25) is 0 Å². The van der Waals surface area contributed by atoms with E-state index in [-0.39, 0.29) is 11.8 Å². The van der Waals surface area contributed by atoms with Crippen LogP contribution in [0.5, 0.6) is 0 Å². The smallest absolute Gasteiger partial charge is 0.179 e. The number of anilines is 3. The average molecular weight is 708 g/mol. The summed E-state index contributed by atoms with van der Waals surface area (Å²) < 4.78 is 0. The molecule has 0 saturated carbocycles. The van der Waals surface area contributed by atoms with Gasteiger partial charge in [0.25, 0.3) is 0 Å². The fraction of sp³-hybridized carbons (Fsp3) is 0.0769. The fourth-order valence-electron chi connectivity index (χ4n) is 9.47. The third-order valence-corrected chi connectivity index (χ3v) is 16.7. The fourth-order valence-corrected chi connectivity index (χ4v) is 14.3. The molecule has 258 valence electrons. The van der Waals surface area contributed by atoms with Gasteiger partial charge in [0.15, 0.2) is 8.07 Å². The zero-order valence-corrected chi connectivity index (χ0v) is 31.7. The number of rotatable bonds is 6. The number of hydrogen-bond acceptors (Lipinski definition) is 1. The summed E-state index contributed by atoms with van der Waals surface area (Å²) in [6, 6.07) is 76.0. The standard InChI is InChI=1S/C52H41NSi/c1-36-25-29-38(30-26-36)50-44-21-12-13-24-48(44)53-49-34-33-43(35-47(49)51(39-31-27-37(2)28-32-39)46-23-14-22-45(50)52(46)53)54(40-15-6-3-7-16-40,41-17-8-4-9-18-41)42-19-10-5-11-20-42/h3-35,50-51H,1-2H3. The highest BCUT2D eigenvalue weighted by Crippen LogP contribution is 2.59. The molecule has 2 atom stereocenters. The van der Waals surface area contributed by atoms with E-state index in [0.29, 0.717) is 0 Å². The quantitative estimate of drug-likeness (QED) is 0.123. The van der Waals surface area contributed by atoms with Crippen molar-refractivity contribution in [3.05, 3.63) is 245 Å². The van der Waals surface area contributed by atoms with E-state index in [9.17, 15) is 0 Å². The molecule has 8 aromatic rings. The van der Waals surface area contributed by atoms with Crippen LogP contribution >= 0.6 is 0 Å². The molecule has 54 heavy (non-hydrogen) atoms. The van der Waals surface area contributed by atoms with Crippen molar-refractivity contribution in [2.75, 3.05) is 4.90 Å². The molecule has 2 aliphatic heterocycles. The predicted molar refractivity (Wildman–Crippen MR) is 229 cm³/mol. The van der Waals surface area contributed by atoms with Crippen LogP contribution in [-0.2, 0) is 0 Å². The Balaban J connectivity index is 1.29. The molecule has 0 spiro atoms. The van der Waals surface area contributed by atoms with Crippen molar-refractivity contribution in [2.45, 2.75) is 25.7 Å². The van der Waals surface area contributed by atoms with E-state index in [1.165, 1.54) is 82.3 Å². The van der Waals surface area contributed by atoms with Crippen LogP contribution in [0.25, 0.3) is 0 Å². The topological polar surface area (TPSA) is 3.24 Å². The van der Waals surface area contributed by atoms with Crippen LogP contribution in [0, 0.1) is 13.8 Å². The molecule has 2 heteroatoms. The third-order valence-electron chi connectivity index (χ3n) is 11.9. The zero-order chi connectivity index (χ0) is 36.2. The molecule has 0 amide bonds. The molecule has 0 fully saturated rings. The summed E-state index contributed by atoms with van der Waals surface area (Å²) in [4.78, 5) is 2.59. The Labute approximate surface area is 319 Å². The minimum atomic E-state index is -2.77. The lowest BCUT2D eigenvalue weighted by atomic mass is 9.73. The Morgan fingerprint density at radius 3 is 1.30 bits per heavy atom. The lowest BCUT2D eigenvalue weighted by Crippen LogP contribution is -2.74. The lowest BCUT2D eigenvalue weighted by molar-refractivity contribution is 0.878. The molecule has 0 aromatic heterocycles. The zero-order valence-electron chi connectivity index (χ0n) is 30.7. The molecule has 0 N–H and O–H groups in total. The van der Waals surface area contributed by atoms with Crippen molar-refractivity contribution < 1.29 is 0 Å². The van der Waals surface area contributed by atoms with E-state index < -0.39 is 8.07 Å². The van der Waals surface area contributed by atoms with Crippen LogP contribution in [0.3, 0.4) is 0 Å². The largest absolute Gasteiger partial charge is 0.309 e. The Bertz CT molecular complexity index is 2520. The van der Waals surface area contributed by atoms with E-state index in [1.807, 2.05) is 0 Å². The predicted octanol–water partition coefficient (Wildman–Crippen LogP) is 10.1. The van der Waals surface area contributed by atoms with E-state index in [4.69, 9.17) is 0 Å². The molecular weight excluding hydrogens is 667 g/mol. The molecule has 0 bridgehead atoms. The first-order chi connectivity index (χ1) is 26.6. The van der Waals surface area contributed by atoms with Gasteiger partial charge in [-0.1, -0.05) is 199 Å². The Kier molecular flexibility index (Phi) is 7.82. The summed E-state index contributed by atoms with van der Waals surface area (Å²) in [6.07, 6.45) is 0. The molecule has 2 unspecified atom stereocenters. The highest BCUT2D eigenvalue weighted by atomic mass is 28.3. The van der Waals surface area contributed by atoms with Crippen molar-refractivity contribution in [3.63, 3.8) is 0 Å². The van der Waals surface area contributed by atoms with Gasteiger partial charge in [0.2, 0.25) is 0 Å². The summed E-state index contributed by atoms with van der Waals surface area (Å²) in [6.45, 7) is 4.36. The van der Waals surface area contributed by atoms with Gasteiger partial charge in [-0.15, -0.1) is 0 Å². The SMILES string of the molecule is Cc1ccc(C2c3ccccc3N3c4ccc([Si](c5ccccc5)(c5ccccc5)c5ccccc5)cc4C(c4ccc(C)cc4)c4cccc2c43)cc1. The van der Waals surface area contributed by atoms with E-state index in [1.54, 1.807) is 0 Å². The van der Waals surface area contributed by atoms with Gasteiger partial charge < -0.3 is 4.90 Å². The molecule has 0 radical (unpaired) electrons. The first-order valence-corrected chi connectivity index (χ1v) is 21.1. The normalized spacial score (nSPS) is 15.6. The van der Waals surface area contributed by atoms with E-state index >= 15 is 0 Å². The summed E-state index contributed by atoms with van der Waals surface area (Å²) in [5.74, 6) is 0.200. The molecule has 8 aromatic carbocycles. The number of aryl methyl sites for hydroxylation is 2. The Morgan fingerprint density at radius 1 is 0.352 bits per heavy atom. The molecule has 2 aliphatic rings. The summed E-state index contributed by atoms with van der Waals surface area (Å²) >= 11 is 0. The van der Waals surface area contributed by atoms with Crippen LogP contribution in [0.2, 0.25) is 0 Å². The number of hydrogen-bond donors (Lipinski definition) is 0. The van der Waals surface area contributed by atoms with Crippen LogP contribution in [0.4, 0.5) is 17.1 Å². The van der Waals surface area contributed by atoms with Crippen molar-refractivity contribution >= 4 is 45.9 Å². The summed E-state index contributed by atoms with van der Waals surface area (Å²) in [5.41, 5.74) is 14.5. The highest BCUT2D eigenvalue weighted by molar-refractivity contribution is 7.19. The first-order valence-electron chi connectivity index (χ1n) is 19.1. The van der Waals surface area contributed by atoms with Gasteiger partial charge in [-0.25, -0.2) is 0 Å². The van der Waals surface area contributed by atoms with E-state index in [0.717, 1.165) is 0 Å². The van der Waals surface area contributed by atoms with Crippen LogP contribution in [0.15, 0.2) is 200 Å². The van der Waals surface area contributed by atoms with Gasteiger partial charge in [0.05, 0.1) is 17.1 Å². The van der Waals surface area contributed by atoms with Gasteiger partial charge in [-0.2, -0.15) is 0 Å². The molecule has 1 nitrogen and oxygen atoms in total. The van der Waals surface area contributed by atoms with Crippen molar-refractivity contribution in [1.29, 1.82) is 0 Å². The molecule has 10 rings (SSSR count). The van der Waals surface area contributed by atoms with Crippen molar-refractivity contribution in [2.24, 2.45) is 0 Å². The molecule has 0 saturated heterocycles. The van der Waals surface area contributed by atoms with Crippen LogP contribution in [-0.4, -0.2) is 8.07 Å².